The fourth-order valence-corrected chi connectivity index (χ4v) is 4.18. The van der Waals surface area contributed by atoms with Crippen molar-refractivity contribution >= 4 is 17.3 Å². The fourth-order valence-electron chi connectivity index (χ4n) is 4.18. The molecule has 27 heavy (non-hydrogen) atoms. The minimum absolute atomic E-state index is 0.0624. The quantitative estimate of drug-likeness (QED) is 0.525. The Bertz CT molecular complexity index is 1030. The molecule has 2 aromatic heterocycles. The van der Waals surface area contributed by atoms with E-state index in [1.54, 1.807) is 7.11 Å². The highest BCUT2D eigenvalue weighted by atomic mass is 16.5. The number of pyridine rings is 1. The number of carbonyl (C=O) groups is 2. The van der Waals surface area contributed by atoms with Crippen molar-refractivity contribution in [1.29, 1.82) is 0 Å². The molecule has 0 bridgehead atoms. The van der Waals surface area contributed by atoms with Gasteiger partial charge in [0.1, 0.15) is 11.7 Å². The molecular weight excluding hydrogens is 342 g/mol. The van der Waals surface area contributed by atoms with Gasteiger partial charge in [-0.3, -0.25) is 9.59 Å². The van der Waals surface area contributed by atoms with Crippen molar-refractivity contribution in [2.45, 2.75) is 19.3 Å². The van der Waals surface area contributed by atoms with Gasteiger partial charge >= 0.3 is 5.97 Å². The van der Waals surface area contributed by atoms with Gasteiger partial charge in [-0.05, 0) is 54.3 Å². The topological polar surface area (TPSA) is 57.0 Å². The number of nitrogens with zero attached hydrogens (tertiary/aromatic N) is 1. The number of Topliss-reactive ketones (excluding diaryl/α,β-unsaturated/α-hetero) is 1. The number of benzene rings is 1. The number of aromatic nitrogens is 1. The van der Waals surface area contributed by atoms with Gasteiger partial charge in [0.2, 0.25) is 0 Å². The summed E-state index contributed by atoms with van der Waals surface area (Å²) < 4.78 is 12.1. The standard InChI is InChI=1S/C22H21NO4/c1-13-18-6-4-5-11-23(18)20-19(13)16(12-17(21(20)24)22(25)27-3)14-7-9-15(26-2)10-8-14/h4-11,16-17H,12H2,1-3H3/t16-,17+/m0/s1. The van der Waals surface area contributed by atoms with E-state index in [1.165, 1.54) is 7.11 Å². The lowest BCUT2D eigenvalue weighted by Gasteiger charge is -2.28. The van der Waals surface area contributed by atoms with Crippen LogP contribution in [0, 0.1) is 12.8 Å². The molecule has 1 aliphatic carbocycles. The normalized spacial score (nSPS) is 19.0. The SMILES string of the molecule is COC(=O)[C@@H]1C[C@@H](c2ccc(OC)cc2)c2c(C)c3ccccn3c2C1=O. The second kappa shape index (κ2) is 6.58. The average molecular weight is 363 g/mol. The van der Waals surface area contributed by atoms with E-state index in [9.17, 15) is 9.59 Å². The number of fused-ring (bicyclic) bond motifs is 3. The molecule has 1 aliphatic rings. The van der Waals surface area contributed by atoms with E-state index in [0.29, 0.717) is 12.1 Å². The third-order valence-corrected chi connectivity index (χ3v) is 5.52. The Balaban J connectivity index is 1.95. The Hall–Kier alpha value is -3.08. The Morgan fingerprint density at radius 2 is 1.85 bits per heavy atom. The van der Waals surface area contributed by atoms with Crippen LogP contribution in [0.25, 0.3) is 5.52 Å². The summed E-state index contributed by atoms with van der Waals surface area (Å²) in [6, 6.07) is 13.7. The van der Waals surface area contributed by atoms with Crippen molar-refractivity contribution in [3.63, 3.8) is 0 Å². The molecule has 0 unspecified atom stereocenters. The van der Waals surface area contributed by atoms with Crippen LogP contribution in [0.15, 0.2) is 48.7 Å². The number of hydrogen-bond donors (Lipinski definition) is 0. The largest absolute Gasteiger partial charge is 0.497 e. The number of hydrogen-bond acceptors (Lipinski definition) is 4. The lowest BCUT2D eigenvalue weighted by molar-refractivity contribution is -0.144. The molecule has 0 radical (unpaired) electrons. The Morgan fingerprint density at radius 1 is 1.11 bits per heavy atom. The molecule has 0 spiro atoms. The zero-order valence-corrected chi connectivity index (χ0v) is 15.6. The van der Waals surface area contributed by atoms with Gasteiger partial charge in [0.15, 0.2) is 5.78 Å². The Kier molecular flexibility index (Phi) is 4.22. The smallest absolute Gasteiger partial charge is 0.316 e. The van der Waals surface area contributed by atoms with E-state index >= 15 is 0 Å². The van der Waals surface area contributed by atoms with Crippen LogP contribution >= 0.6 is 0 Å². The number of rotatable bonds is 3. The van der Waals surface area contributed by atoms with Gasteiger partial charge in [0.25, 0.3) is 0 Å². The number of esters is 1. The highest BCUT2D eigenvalue weighted by Crippen LogP contribution is 2.43. The van der Waals surface area contributed by atoms with E-state index in [1.807, 2.05) is 60.0 Å². The molecular formula is C22H21NO4. The van der Waals surface area contributed by atoms with Crippen molar-refractivity contribution in [2.75, 3.05) is 14.2 Å². The predicted octanol–water partition coefficient (Wildman–Crippen LogP) is 3.76. The average Bonchev–Trinajstić information content (AvgIpc) is 3.02. The van der Waals surface area contributed by atoms with Crippen molar-refractivity contribution in [1.82, 2.24) is 4.40 Å². The van der Waals surface area contributed by atoms with Gasteiger partial charge < -0.3 is 13.9 Å². The first-order valence-electron chi connectivity index (χ1n) is 8.92. The molecule has 4 rings (SSSR count). The fraction of sp³-hybridized carbons (Fsp3) is 0.273. The highest BCUT2D eigenvalue weighted by molar-refractivity contribution is 6.11. The van der Waals surface area contributed by atoms with Crippen LogP contribution in [0.2, 0.25) is 0 Å². The van der Waals surface area contributed by atoms with Crippen LogP contribution in [-0.2, 0) is 9.53 Å². The summed E-state index contributed by atoms with van der Waals surface area (Å²) in [6.45, 7) is 2.04. The predicted molar refractivity (Wildman–Crippen MR) is 101 cm³/mol. The molecule has 0 aliphatic heterocycles. The van der Waals surface area contributed by atoms with Gasteiger partial charge in [-0.1, -0.05) is 18.2 Å². The van der Waals surface area contributed by atoms with Crippen molar-refractivity contribution in [3.05, 3.63) is 71.0 Å². The van der Waals surface area contributed by atoms with E-state index in [0.717, 1.165) is 28.0 Å². The molecule has 2 atom stereocenters. The molecule has 0 saturated heterocycles. The maximum absolute atomic E-state index is 13.2. The summed E-state index contributed by atoms with van der Waals surface area (Å²) >= 11 is 0. The third kappa shape index (κ3) is 2.62. The summed E-state index contributed by atoms with van der Waals surface area (Å²) in [7, 11) is 2.96. The molecule has 0 fully saturated rings. The van der Waals surface area contributed by atoms with E-state index < -0.39 is 11.9 Å². The second-order valence-electron chi connectivity index (χ2n) is 6.84. The molecule has 0 saturated carbocycles. The number of ketones is 1. The number of carbonyl (C=O) groups excluding carboxylic acids is 2. The van der Waals surface area contributed by atoms with Crippen LogP contribution in [0.3, 0.4) is 0 Å². The zero-order valence-electron chi connectivity index (χ0n) is 15.6. The highest BCUT2D eigenvalue weighted by Gasteiger charge is 2.42. The zero-order chi connectivity index (χ0) is 19.1. The van der Waals surface area contributed by atoms with Gasteiger partial charge in [-0.25, -0.2) is 0 Å². The molecule has 2 heterocycles. The van der Waals surface area contributed by atoms with Crippen LogP contribution in [-0.4, -0.2) is 30.4 Å². The minimum atomic E-state index is -0.799. The molecule has 1 aromatic carbocycles. The van der Waals surface area contributed by atoms with E-state index in [-0.39, 0.29) is 11.7 Å². The summed E-state index contributed by atoms with van der Waals surface area (Å²) in [6.07, 6.45) is 2.28. The van der Waals surface area contributed by atoms with E-state index in [4.69, 9.17) is 9.47 Å². The van der Waals surface area contributed by atoms with Crippen LogP contribution < -0.4 is 4.74 Å². The van der Waals surface area contributed by atoms with Gasteiger partial charge in [0.05, 0.1) is 19.9 Å². The first-order chi connectivity index (χ1) is 13.1. The summed E-state index contributed by atoms with van der Waals surface area (Å²) in [5.74, 6) is -0.738. The Morgan fingerprint density at radius 3 is 2.52 bits per heavy atom. The number of methoxy groups -OCH3 is 2. The van der Waals surface area contributed by atoms with Crippen molar-refractivity contribution < 1.29 is 19.1 Å². The Labute approximate surface area is 157 Å². The molecule has 138 valence electrons. The maximum Gasteiger partial charge on any atom is 0.316 e. The minimum Gasteiger partial charge on any atom is -0.497 e. The summed E-state index contributed by atoms with van der Waals surface area (Å²) in [4.78, 5) is 25.5. The lowest BCUT2D eigenvalue weighted by atomic mass is 9.74. The summed E-state index contributed by atoms with van der Waals surface area (Å²) in [5.41, 5.74) is 4.70. The van der Waals surface area contributed by atoms with Crippen LogP contribution in [0.5, 0.6) is 5.75 Å². The van der Waals surface area contributed by atoms with Crippen molar-refractivity contribution in [2.24, 2.45) is 5.92 Å². The van der Waals surface area contributed by atoms with Crippen LogP contribution in [0.1, 0.15) is 39.5 Å². The molecule has 5 heteroatoms. The van der Waals surface area contributed by atoms with Crippen molar-refractivity contribution in [3.8, 4) is 5.75 Å². The molecule has 3 aromatic rings. The molecule has 0 amide bonds. The molecule has 5 nitrogen and oxygen atoms in total. The van der Waals surface area contributed by atoms with Crippen LogP contribution in [0.4, 0.5) is 0 Å². The van der Waals surface area contributed by atoms with Gasteiger partial charge in [0, 0.05) is 17.6 Å². The van der Waals surface area contributed by atoms with E-state index in [2.05, 4.69) is 0 Å². The molecule has 0 N–H and O–H groups in total. The first kappa shape index (κ1) is 17.3. The lowest BCUT2D eigenvalue weighted by Crippen LogP contribution is -2.33. The number of aryl methyl sites for hydroxylation is 1. The summed E-state index contributed by atoms with van der Waals surface area (Å²) in [5, 5.41) is 0. The van der Waals surface area contributed by atoms with Gasteiger partial charge in [-0.15, -0.1) is 0 Å². The third-order valence-electron chi connectivity index (χ3n) is 5.52. The van der Waals surface area contributed by atoms with Gasteiger partial charge in [-0.2, -0.15) is 0 Å². The number of ether oxygens (including phenoxy) is 2. The maximum atomic E-state index is 13.2. The monoisotopic (exact) mass is 363 g/mol. The first-order valence-corrected chi connectivity index (χ1v) is 8.92. The second-order valence-corrected chi connectivity index (χ2v) is 6.84.